The van der Waals surface area contributed by atoms with E-state index in [9.17, 15) is 25.2 Å². The summed E-state index contributed by atoms with van der Waals surface area (Å²) in [4.78, 5) is 14.1. The van der Waals surface area contributed by atoms with Gasteiger partial charge in [-0.05, 0) is 124 Å². The summed E-state index contributed by atoms with van der Waals surface area (Å²) in [6.45, 7) is 13.2. The molecule has 3 saturated carbocycles. The topological polar surface area (TPSA) is 149 Å². The maximum absolute atomic E-state index is 14.1. The molecule has 0 aromatic rings. The highest BCUT2D eigenvalue weighted by Crippen LogP contribution is 2.70. The fraction of sp³-hybridized carbons (Fsp3) is 0.833. The maximum Gasteiger partial charge on any atom is 0.159 e. The Morgan fingerprint density at radius 1 is 0.960 bits per heavy atom. The number of hydrogen-bond donors (Lipinski definition) is 6. The van der Waals surface area contributed by atoms with Crippen LogP contribution in [0.3, 0.4) is 0 Å². The summed E-state index contributed by atoms with van der Waals surface area (Å²) in [5, 5.41) is 51.9. The normalized spacial score (nSPS) is 40.6. The second-order valence-electron chi connectivity index (χ2n) is 18.5. The van der Waals surface area contributed by atoms with Gasteiger partial charge < -0.3 is 36.2 Å². The van der Waals surface area contributed by atoms with Gasteiger partial charge in [-0.1, -0.05) is 72.8 Å². The fourth-order valence-electron chi connectivity index (χ4n) is 12.0. The minimum atomic E-state index is -1.23. The number of fused-ring (bicyclic) bond motifs is 5. The van der Waals surface area contributed by atoms with Crippen LogP contribution in [0.2, 0.25) is 0 Å². The number of epoxide rings is 1. The van der Waals surface area contributed by atoms with E-state index in [1.807, 2.05) is 13.0 Å². The summed E-state index contributed by atoms with van der Waals surface area (Å²) in [6.07, 6.45) is 17.6. The van der Waals surface area contributed by atoms with Gasteiger partial charge in [0.2, 0.25) is 0 Å². The number of aliphatic hydroxyl groups is 4. The lowest BCUT2D eigenvalue weighted by atomic mass is 9.44. The Bertz CT molecular complexity index is 1390. The van der Waals surface area contributed by atoms with Gasteiger partial charge in [-0.2, -0.15) is 0 Å². The molecule has 4 fully saturated rings. The molecule has 0 aromatic heterocycles. The van der Waals surface area contributed by atoms with Crippen molar-refractivity contribution in [3.8, 4) is 0 Å². The standard InChI is InChI=1S/C42H68N2O6/c1-7-9-10-11-18-40-21-13-28(45)25-31(40)32(46)26-30-29(40)14-20-38(5)33(15-22-42(30,38)49)41(48,17-8-2)36-35(50-36)39(6,47)37(3,4)19-12-27-16-23-44-34(43)24-27/h16,24,26,28-29,31,33,35-36,44-45,47-49H,7-15,17-23,25,43H2,1-6H3/t28-,29-,31-,33-,35-,36-,38+,39-,40+,41+,42+/m0/s1. The molecule has 8 heteroatoms. The summed E-state index contributed by atoms with van der Waals surface area (Å²) in [6, 6.07) is 0. The van der Waals surface area contributed by atoms with Crippen LogP contribution in [0.25, 0.3) is 0 Å². The van der Waals surface area contributed by atoms with Crippen molar-refractivity contribution in [2.24, 2.45) is 39.7 Å². The molecular formula is C42H68N2O6. The molecule has 8 nitrogen and oxygen atoms in total. The number of dihydropyridines is 1. The van der Waals surface area contributed by atoms with Crippen LogP contribution in [0.15, 0.2) is 35.2 Å². The number of nitrogens with two attached hydrogens (primary N) is 1. The Morgan fingerprint density at radius 2 is 1.72 bits per heavy atom. The first kappa shape index (κ1) is 38.0. The Balaban J connectivity index is 1.26. The van der Waals surface area contributed by atoms with Crippen molar-refractivity contribution in [3.63, 3.8) is 0 Å². The van der Waals surface area contributed by atoms with Crippen LogP contribution in [0.4, 0.5) is 0 Å². The zero-order valence-corrected chi connectivity index (χ0v) is 31.9. The first-order chi connectivity index (χ1) is 23.5. The predicted octanol–water partition coefficient (Wildman–Crippen LogP) is 6.36. The van der Waals surface area contributed by atoms with Crippen LogP contribution in [-0.2, 0) is 9.53 Å². The van der Waals surface area contributed by atoms with Crippen LogP contribution < -0.4 is 11.1 Å². The van der Waals surface area contributed by atoms with E-state index in [4.69, 9.17) is 10.5 Å². The highest BCUT2D eigenvalue weighted by atomic mass is 16.6. The van der Waals surface area contributed by atoms with Crippen molar-refractivity contribution >= 4 is 5.78 Å². The predicted molar refractivity (Wildman–Crippen MR) is 197 cm³/mol. The molecular weight excluding hydrogens is 628 g/mol. The molecule has 2 heterocycles. The lowest BCUT2D eigenvalue weighted by Crippen LogP contribution is -2.62. The second kappa shape index (κ2) is 13.6. The van der Waals surface area contributed by atoms with Gasteiger partial charge >= 0.3 is 0 Å². The van der Waals surface area contributed by atoms with Gasteiger partial charge in [-0.3, -0.25) is 4.79 Å². The molecule has 0 amide bonds. The number of allylic oxidation sites excluding steroid dienone is 3. The number of carbonyl (C=O) groups is 1. The molecule has 0 bridgehead atoms. The van der Waals surface area contributed by atoms with Crippen molar-refractivity contribution in [3.05, 3.63) is 35.2 Å². The Labute approximate surface area is 301 Å². The van der Waals surface area contributed by atoms with Gasteiger partial charge in [0.05, 0.1) is 28.7 Å². The third kappa shape index (κ3) is 6.05. The van der Waals surface area contributed by atoms with Gasteiger partial charge in [-0.25, -0.2) is 0 Å². The Morgan fingerprint density at radius 3 is 2.42 bits per heavy atom. The molecule has 0 unspecified atom stereocenters. The zero-order valence-electron chi connectivity index (χ0n) is 31.9. The van der Waals surface area contributed by atoms with Crippen LogP contribution in [0, 0.1) is 34.0 Å². The number of aliphatic hydroxyl groups excluding tert-OH is 1. The quantitative estimate of drug-likeness (QED) is 0.0909. The first-order valence-electron chi connectivity index (χ1n) is 20.2. The molecule has 282 valence electrons. The average molecular weight is 697 g/mol. The first-order valence-corrected chi connectivity index (χ1v) is 20.2. The summed E-state index contributed by atoms with van der Waals surface area (Å²) in [7, 11) is 0. The van der Waals surface area contributed by atoms with E-state index in [2.05, 4.69) is 46.0 Å². The Kier molecular flexibility index (Phi) is 10.4. The lowest BCUT2D eigenvalue weighted by molar-refractivity contribution is -0.160. The summed E-state index contributed by atoms with van der Waals surface area (Å²) in [5.41, 5.74) is 3.08. The number of carbonyl (C=O) groups excluding carboxylic acids is 1. The minimum Gasteiger partial charge on any atom is -0.393 e. The molecule has 7 N–H and O–H groups in total. The molecule has 11 atom stereocenters. The third-order valence-electron chi connectivity index (χ3n) is 15.5. The van der Waals surface area contributed by atoms with E-state index >= 15 is 0 Å². The van der Waals surface area contributed by atoms with Crippen LogP contribution in [0.5, 0.6) is 0 Å². The molecule has 6 rings (SSSR count). The highest BCUT2D eigenvalue weighted by Gasteiger charge is 2.73. The van der Waals surface area contributed by atoms with Crippen LogP contribution in [0.1, 0.15) is 144 Å². The van der Waals surface area contributed by atoms with Gasteiger partial charge in [0.1, 0.15) is 12.2 Å². The minimum absolute atomic E-state index is 0.0812. The molecule has 1 saturated heterocycles. The van der Waals surface area contributed by atoms with Crippen LogP contribution >= 0.6 is 0 Å². The van der Waals surface area contributed by atoms with Gasteiger partial charge in [-0.15, -0.1) is 0 Å². The maximum atomic E-state index is 14.1. The van der Waals surface area contributed by atoms with Gasteiger partial charge in [0, 0.05) is 17.9 Å². The lowest BCUT2D eigenvalue weighted by Gasteiger charge is -2.61. The zero-order chi connectivity index (χ0) is 36.3. The van der Waals surface area contributed by atoms with Gasteiger partial charge in [0.15, 0.2) is 5.78 Å². The van der Waals surface area contributed by atoms with Crippen molar-refractivity contribution < 1.29 is 30.0 Å². The van der Waals surface area contributed by atoms with E-state index in [0.717, 1.165) is 75.4 Å². The largest absolute Gasteiger partial charge is 0.393 e. The summed E-state index contributed by atoms with van der Waals surface area (Å²) < 4.78 is 6.42. The van der Waals surface area contributed by atoms with Crippen molar-refractivity contribution in [1.82, 2.24) is 5.32 Å². The number of ether oxygens (including phenoxy) is 1. The smallest absolute Gasteiger partial charge is 0.159 e. The van der Waals surface area contributed by atoms with Crippen molar-refractivity contribution in [2.75, 3.05) is 6.54 Å². The second-order valence-corrected chi connectivity index (χ2v) is 18.5. The highest BCUT2D eigenvalue weighted by molar-refractivity contribution is 5.95. The molecule has 50 heavy (non-hydrogen) atoms. The number of hydrogen-bond acceptors (Lipinski definition) is 8. The number of nitrogens with one attached hydrogen (secondary N) is 1. The molecule has 0 radical (unpaired) electrons. The Hall–Kier alpha value is -1.71. The third-order valence-corrected chi connectivity index (χ3v) is 15.5. The van der Waals surface area contributed by atoms with Gasteiger partial charge in [0.25, 0.3) is 0 Å². The van der Waals surface area contributed by atoms with E-state index in [1.165, 1.54) is 6.42 Å². The van der Waals surface area contributed by atoms with E-state index < -0.39 is 45.9 Å². The molecule has 2 aliphatic heterocycles. The monoisotopic (exact) mass is 697 g/mol. The number of rotatable bonds is 14. The summed E-state index contributed by atoms with van der Waals surface area (Å²) >= 11 is 0. The van der Waals surface area contributed by atoms with E-state index in [0.29, 0.717) is 44.5 Å². The molecule has 0 aromatic carbocycles. The van der Waals surface area contributed by atoms with E-state index in [1.54, 1.807) is 6.08 Å². The summed E-state index contributed by atoms with van der Waals surface area (Å²) in [5.74, 6) is 0.425. The number of ketones is 1. The van der Waals surface area contributed by atoms with E-state index in [-0.39, 0.29) is 29.0 Å². The van der Waals surface area contributed by atoms with Crippen molar-refractivity contribution in [2.45, 2.75) is 179 Å². The SMILES string of the molecule is CCCCCC[C@]12CC[C@H](O)C[C@H]1C(=O)C=C1[C@@H]2CC[C@]2(C)[C@@H]([C@](O)(CCC)[C@H]3O[C@@H]3[C@](C)(O)C(C)(C)CCC3=CCNC(N)=C3)CC[C@@]12O. The fourth-order valence-corrected chi connectivity index (χ4v) is 12.0. The average Bonchev–Trinajstić information content (AvgIpc) is 3.83. The number of unbranched alkanes of at least 4 members (excludes halogenated alkanes) is 3. The van der Waals surface area contributed by atoms with Crippen molar-refractivity contribution in [1.29, 1.82) is 0 Å². The molecule has 6 aliphatic rings. The molecule has 4 aliphatic carbocycles. The van der Waals surface area contributed by atoms with Crippen LogP contribution in [-0.4, -0.2) is 67.9 Å². The molecule has 0 spiro atoms.